The van der Waals surface area contributed by atoms with Crippen LogP contribution < -0.4 is 4.74 Å². The van der Waals surface area contributed by atoms with Crippen molar-refractivity contribution in [1.82, 2.24) is 4.98 Å². The van der Waals surface area contributed by atoms with Gasteiger partial charge in [-0.15, -0.1) is 0 Å². The van der Waals surface area contributed by atoms with Crippen molar-refractivity contribution in [2.45, 2.75) is 40.2 Å². The van der Waals surface area contributed by atoms with Crippen molar-refractivity contribution in [3.05, 3.63) is 24.0 Å². The van der Waals surface area contributed by atoms with E-state index in [-0.39, 0.29) is 5.41 Å². The van der Waals surface area contributed by atoms with E-state index in [4.69, 9.17) is 4.74 Å². The Balaban J connectivity index is 2.81. The molecule has 0 aliphatic heterocycles. The lowest BCUT2D eigenvalue weighted by Gasteiger charge is -2.26. The number of pyridine rings is 1. The van der Waals surface area contributed by atoms with Gasteiger partial charge in [0.2, 0.25) is 0 Å². The first kappa shape index (κ1) is 13.0. The second kappa shape index (κ2) is 5.30. The van der Waals surface area contributed by atoms with Crippen molar-refractivity contribution >= 4 is 0 Å². The highest BCUT2D eigenvalue weighted by molar-refractivity contribution is 5.26. The minimum absolute atomic E-state index is 0.189. The van der Waals surface area contributed by atoms with E-state index in [9.17, 15) is 5.11 Å². The summed E-state index contributed by atoms with van der Waals surface area (Å²) in [6.45, 7) is 8.73. The summed E-state index contributed by atoms with van der Waals surface area (Å²) in [6.07, 6.45) is 3.81. The first-order valence-corrected chi connectivity index (χ1v) is 5.71. The summed E-state index contributed by atoms with van der Waals surface area (Å²) in [7, 11) is 0. The maximum atomic E-state index is 10.1. The number of rotatable bonds is 4. The average Bonchev–Trinajstić information content (AvgIpc) is 2.24. The minimum atomic E-state index is -0.523. The molecule has 0 radical (unpaired) electrons. The van der Waals surface area contributed by atoms with Crippen LogP contribution in [0.15, 0.2) is 18.5 Å². The smallest absolute Gasteiger partial charge is 0.137 e. The Bertz CT molecular complexity index is 331. The first-order valence-electron chi connectivity index (χ1n) is 5.71. The molecule has 0 saturated carbocycles. The van der Waals surface area contributed by atoms with Gasteiger partial charge in [-0.2, -0.15) is 0 Å². The molecule has 1 aromatic heterocycles. The fourth-order valence-electron chi connectivity index (χ4n) is 1.38. The van der Waals surface area contributed by atoms with Gasteiger partial charge in [0.05, 0.1) is 18.9 Å². The zero-order valence-corrected chi connectivity index (χ0v) is 10.5. The fraction of sp³-hybridized carbons (Fsp3) is 0.615. The summed E-state index contributed by atoms with van der Waals surface area (Å²) < 4.78 is 5.49. The molecule has 1 aromatic rings. The molecule has 1 unspecified atom stereocenters. The highest BCUT2D eigenvalue weighted by Gasteiger charge is 2.24. The normalized spacial score (nSPS) is 13.6. The largest absolute Gasteiger partial charge is 0.492 e. The zero-order valence-electron chi connectivity index (χ0n) is 10.5. The molecular weight excluding hydrogens is 202 g/mol. The highest BCUT2D eigenvalue weighted by atomic mass is 16.5. The number of nitrogens with zero attached hydrogens (tertiary/aromatic N) is 1. The summed E-state index contributed by atoms with van der Waals surface area (Å²) >= 11 is 0. The van der Waals surface area contributed by atoms with E-state index in [1.165, 1.54) is 0 Å². The number of hydrogen-bond donors (Lipinski definition) is 1. The lowest BCUT2D eigenvalue weighted by Crippen LogP contribution is -2.18. The molecule has 1 N–H and O–H groups in total. The van der Waals surface area contributed by atoms with Crippen LogP contribution in [-0.2, 0) is 0 Å². The summed E-state index contributed by atoms with van der Waals surface area (Å²) in [4.78, 5) is 4.09. The fourth-order valence-corrected chi connectivity index (χ4v) is 1.38. The number of aliphatic hydroxyl groups is 1. The van der Waals surface area contributed by atoms with Crippen molar-refractivity contribution < 1.29 is 9.84 Å². The minimum Gasteiger partial charge on any atom is -0.492 e. The molecule has 1 rings (SSSR count). The third kappa shape index (κ3) is 3.49. The summed E-state index contributed by atoms with van der Waals surface area (Å²) in [5, 5.41) is 10.1. The maximum Gasteiger partial charge on any atom is 0.137 e. The molecule has 0 saturated heterocycles. The molecule has 0 bridgehead atoms. The van der Waals surface area contributed by atoms with Crippen LogP contribution in [0.4, 0.5) is 0 Å². The predicted octanol–water partition coefficient (Wildman–Crippen LogP) is 2.95. The van der Waals surface area contributed by atoms with Gasteiger partial charge in [-0.05, 0) is 17.9 Å². The molecule has 0 aromatic carbocycles. The van der Waals surface area contributed by atoms with Gasteiger partial charge in [-0.1, -0.05) is 27.7 Å². The molecule has 0 spiro atoms. The van der Waals surface area contributed by atoms with Crippen LogP contribution in [0.3, 0.4) is 0 Å². The average molecular weight is 223 g/mol. The van der Waals surface area contributed by atoms with Crippen molar-refractivity contribution in [2.75, 3.05) is 6.61 Å². The van der Waals surface area contributed by atoms with Gasteiger partial charge in [-0.3, -0.25) is 4.98 Å². The Morgan fingerprint density at radius 1 is 1.38 bits per heavy atom. The van der Waals surface area contributed by atoms with Crippen molar-refractivity contribution in [3.8, 4) is 5.75 Å². The summed E-state index contributed by atoms with van der Waals surface area (Å²) in [5.41, 5.74) is 0.617. The van der Waals surface area contributed by atoms with E-state index in [0.717, 1.165) is 17.7 Å². The second-order valence-electron chi connectivity index (χ2n) is 5.07. The Morgan fingerprint density at radius 2 is 2.06 bits per heavy atom. The number of aromatic nitrogens is 1. The van der Waals surface area contributed by atoms with E-state index in [2.05, 4.69) is 11.9 Å². The second-order valence-corrected chi connectivity index (χ2v) is 5.07. The van der Waals surface area contributed by atoms with Crippen molar-refractivity contribution in [3.63, 3.8) is 0 Å². The standard InChI is InChI=1S/C13H21NO2/c1-5-6-16-11-7-10(8-14-9-11)12(15)13(2,3)4/h7-9,12,15H,5-6H2,1-4H3. The van der Waals surface area contributed by atoms with Crippen molar-refractivity contribution in [2.24, 2.45) is 5.41 Å². The molecule has 0 amide bonds. The number of ether oxygens (including phenoxy) is 1. The molecule has 0 aliphatic carbocycles. The van der Waals surface area contributed by atoms with Gasteiger partial charge in [0.15, 0.2) is 0 Å². The van der Waals surface area contributed by atoms with Gasteiger partial charge in [0, 0.05) is 11.8 Å². The monoisotopic (exact) mass is 223 g/mol. The maximum absolute atomic E-state index is 10.1. The van der Waals surface area contributed by atoms with Gasteiger partial charge in [0.1, 0.15) is 5.75 Å². The van der Waals surface area contributed by atoms with E-state index in [0.29, 0.717) is 6.61 Å². The van der Waals surface area contributed by atoms with E-state index < -0.39 is 6.10 Å². The highest BCUT2D eigenvalue weighted by Crippen LogP contribution is 2.33. The quantitative estimate of drug-likeness (QED) is 0.853. The Morgan fingerprint density at radius 3 is 2.62 bits per heavy atom. The molecule has 0 fully saturated rings. The lowest BCUT2D eigenvalue weighted by atomic mass is 9.85. The SMILES string of the molecule is CCCOc1cncc(C(O)C(C)(C)C)c1. The van der Waals surface area contributed by atoms with Gasteiger partial charge >= 0.3 is 0 Å². The van der Waals surface area contributed by atoms with Crippen LogP contribution in [0.1, 0.15) is 45.8 Å². The van der Waals surface area contributed by atoms with Crippen molar-refractivity contribution in [1.29, 1.82) is 0 Å². The molecule has 90 valence electrons. The Labute approximate surface area is 97.5 Å². The Kier molecular flexibility index (Phi) is 4.30. The molecule has 0 aliphatic rings. The van der Waals surface area contributed by atoms with Crippen LogP contribution in [0.25, 0.3) is 0 Å². The van der Waals surface area contributed by atoms with Crippen LogP contribution in [0.5, 0.6) is 5.75 Å². The van der Waals surface area contributed by atoms with Crippen LogP contribution >= 0.6 is 0 Å². The molecule has 3 heteroatoms. The zero-order chi connectivity index (χ0) is 12.2. The third-order valence-corrected chi connectivity index (χ3v) is 2.34. The molecule has 1 atom stereocenters. The van der Waals surface area contributed by atoms with Crippen LogP contribution in [0, 0.1) is 5.41 Å². The number of hydrogen-bond acceptors (Lipinski definition) is 3. The van der Waals surface area contributed by atoms with Crippen LogP contribution in [0.2, 0.25) is 0 Å². The van der Waals surface area contributed by atoms with Crippen LogP contribution in [-0.4, -0.2) is 16.7 Å². The molecule has 1 heterocycles. The van der Waals surface area contributed by atoms with E-state index >= 15 is 0 Å². The first-order chi connectivity index (χ1) is 7.45. The number of aliphatic hydroxyl groups excluding tert-OH is 1. The third-order valence-electron chi connectivity index (χ3n) is 2.34. The molecule has 3 nitrogen and oxygen atoms in total. The summed E-state index contributed by atoms with van der Waals surface area (Å²) in [5.74, 6) is 0.725. The Hall–Kier alpha value is -1.09. The molecular formula is C13H21NO2. The van der Waals surface area contributed by atoms with Gasteiger partial charge in [-0.25, -0.2) is 0 Å². The van der Waals surface area contributed by atoms with E-state index in [1.807, 2.05) is 26.8 Å². The van der Waals surface area contributed by atoms with E-state index in [1.54, 1.807) is 12.4 Å². The van der Waals surface area contributed by atoms with Gasteiger partial charge < -0.3 is 9.84 Å². The predicted molar refractivity (Wildman–Crippen MR) is 64.4 cm³/mol. The molecule has 16 heavy (non-hydrogen) atoms. The topological polar surface area (TPSA) is 42.4 Å². The lowest BCUT2D eigenvalue weighted by molar-refractivity contribution is 0.0621. The van der Waals surface area contributed by atoms with Gasteiger partial charge in [0.25, 0.3) is 0 Å². The summed E-state index contributed by atoms with van der Waals surface area (Å²) in [6, 6.07) is 1.86.